The Kier molecular flexibility index (Phi) is 8.47. The summed E-state index contributed by atoms with van der Waals surface area (Å²) in [6.07, 6.45) is 5.32. The molecule has 0 saturated heterocycles. The van der Waals surface area contributed by atoms with Crippen molar-refractivity contribution < 1.29 is 9.47 Å². The fourth-order valence-electron chi connectivity index (χ4n) is 1.95. The lowest BCUT2D eigenvalue weighted by Gasteiger charge is -2.37. The molecule has 96 valence electrons. The number of hydrogen-bond acceptors (Lipinski definition) is 3. The van der Waals surface area contributed by atoms with Crippen LogP contribution in [-0.4, -0.2) is 56.3 Å². The highest BCUT2D eigenvalue weighted by molar-refractivity contribution is 9.09. The van der Waals surface area contributed by atoms with Crippen LogP contribution >= 0.6 is 15.9 Å². The van der Waals surface area contributed by atoms with Gasteiger partial charge in [-0.2, -0.15) is 0 Å². The number of halogens is 1. The van der Waals surface area contributed by atoms with E-state index in [0.717, 1.165) is 31.0 Å². The Morgan fingerprint density at radius 3 is 2.56 bits per heavy atom. The fourth-order valence-corrected chi connectivity index (χ4v) is 2.41. The number of nitrogens with zero attached hydrogens (tertiary/aromatic N) is 1. The number of rotatable bonds is 10. The van der Waals surface area contributed by atoms with Crippen LogP contribution < -0.4 is 0 Å². The summed E-state index contributed by atoms with van der Waals surface area (Å²) in [5.41, 5.74) is 0. The molecule has 4 heteroatoms. The third-order valence-electron chi connectivity index (χ3n) is 3.13. The minimum Gasteiger partial charge on any atom is -0.382 e. The van der Waals surface area contributed by atoms with Gasteiger partial charge < -0.3 is 9.47 Å². The monoisotopic (exact) mass is 293 g/mol. The van der Waals surface area contributed by atoms with Gasteiger partial charge >= 0.3 is 0 Å². The van der Waals surface area contributed by atoms with Crippen LogP contribution in [0.5, 0.6) is 0 Å². The molecular formula is C12H24BrNO2. The van der Waals surface area contributed by atoms with Crippen LogP contribution in [0.25, 0.3) is 0 Å². The van der Waals surface area contributed by atoms with Crippen LogP contribution in [0, 0.1) is 0 Å². The van der Waals surface area contributed by atoms with E-state index in [2.05, 4.69) is 20.8 Å². The molecule has 3 nitrogen and oxygen atoms in total. The third kappa shape index (κ3) is 5.62. The first-order valence-corrected chi connectivity index (χ1v) is 7.37. The summed E-state index contributed by atoms with van der Waals surface area (Å²) in [5.74, 6) is 0. The highest BCUT2D eigenvalue weighted by Crippen LogP contribution is 2.24. The summed E-state index contributed by atoms with van der Waals surface area (Å²) >= 11 is 3.53. The second-order valence-electron chi connectivity index (χ2n) is 4.27. The molecule has 0 aromatic rings. The van der Waals surface area contributed by atoms with Crippen LogP contribution in [0.3, 0.4) is 0 Å². The van der Waals surface area contributed by atoms with Gasteiger partial charge in [0.25, 0.3) is 0 Å². The van der Waals surface area contributed by atoms with E-state index in [1.54, 1.807) is 7.11 Å². The Hall–Kier alpha value is 0.360. The number of methoxy groups -OCH3 is 1. The molecule has 0 heterocycles. The van der Waals surface area contributed by atoms with E-state index in [9.17, 15) is 0 Å². The van der Waals surface area contributed by atoms with E-state index in [4.69, 9.17) is 9.47 Å². The van der Waals surface area contributed by atoms with Crippen LogP contribution in [0.4, 0.5) is 0 Å². The maximum atomic E-state index is 5.47. The zero-order valence-corrected chi connectivity index (χ0v) is 11.9. The molecule has 0 N–H and O–H groups in total. The minimum absolute atomic E-state index is 0.702. The highest BCUT2D eigenvalue weighted by Gasteiger charge is 2.23. The van der Waals surface area contributed by atoms with Crippen LogP contribution in [0.1, 0.15) is 25.7 Å². The van der Waals surface area contributed by atoms with E-state index >= 15 is 0 Å². The Labute approximate surface area is 108 Å². The van der Waals surface area contributed by atoms with Gasteiger partial charge in [0.15, 0.2) is 0 Å². The van der Waals surface area contributed by atoms with Crippen molar-refractivity contribution in [2.45, 2.75) is 31.7 Å². The van der Waals surface area contributed by atoms with E-state index in [-0.39, 0.29) is 0 Å². The maximum Gasteiger partial charge on any atom is 0.0700 e. The Balaban J connectivity index is 1.98. The molecule has 0 unspecified atom stereocenters. The van der Waals surface area contributed by atoms with Crippen molar-refractivity contribution in [3.8, 4) is 0 Å². The van der Waals surface area contributed by atoms with Gasteiger partial charge in [0.1, 0.15) is 0 Å². The van der Waals surface area contributed by atoms with Gasteiger partial charge in [-0.3, -0.25) is 4.90 Å². The summed E-state index contributed by atoms with van der Waals surface area (Å²) in [5, 5.41) is 1.08. The lowest BCUT2D eigenvalue weighted by Crippen LogP contribution is -2.42. The summed E-state index contributed by atoms with van der Waals surface area (Å²) in [7, 11) is 1.71. The minimum atomic E-state index is 0.702. The average molecular weight is 294 g/mol. The molecule has 1 aliphatic rings. The molecule has 1 aliphatic carbocycles. The predicted octanol–water partition coefficient (Wildman–Crippen LogP) is 2.29. The zero-order chi connectivity index (χ0) is 11.6. The highest BCUT2D eigenvalue weighted by atomic mass is 79.9. The molecule has 16 heavy (non-hydrogen) atoms. The van der Waals surface area contributed by atoms with E-state index < -0.39 is 0 Å². The Morgan fingerprint density at radius 2 is 2.00 bits per heavy atom. The van der Waals surface area contributed by atoms with E-state index in [0.29, 0.717) is 6.61 Å². The molecule has 1 fully saturated rings. The van der Waals surface area contributed by atoms with Gasteiger partial charge in [0.2, 0.25) is 0 Å². The molecule has 0 aromatic carbocycles. The van der Waals surface area contributed by atoms with Gasteiger partial charge in [-0.1, -0.05) is 22.4 Å². The summed E-state index contributed by atoms with van der Waals surface area (Å²) in [6.45, 7) is 4.62. The van der Waals surface area contributed by atoms with Crippen LogP contribution in [0.2, 0.25) is 0 Å². The van der Waals surface area contributed by atoms with E-state index in [1.165, 1.54) is 32.4 Å². The third-order valence-corrected chi connectivity index (χ3v) is 3.48. The molecule has 0 amide bonds. The Bertz CT molecular complexity index is 165. The van der Waals surface area contributed by atoms with Crippen molar-refractivity contribution in [1.82, 2.24) is 4.90 Å². The van der Waals surface area contributed by atoms with Gasteiger partial charge in [-0.15, -0.1) is 0 Å². The zero-order valence-electron chi connectivity index (χ0n) is 10.3. The molecule has 0 radical (unpaired) electrons. The first-order chi connectivity index (χ1) is 7.88. The largest absolute Gasteiger partial charge is 0.382 e. The first-order valence-electron chi connectivity index (χ1n) is 6.25. The van der Waals surface area contributed by atoms with Gasteiger partial charge in [0.05, 0.1) is 13.2 Å². The number of alkyl halides is 1. The first kappa shape index (κ1) is 14.4. The fraction of sp³-hybridized carbons (Fsp3) is 1.00. The quantitative estimate of drug-likeness (QED) is 0.456. The summed E-state index contributed by atoms with van der Waals surface area (Å²) < 4.78 is 10.4. The Morgan fingerprint density at radius 1 is 1.19 bits per heavy atom. The van der Waals surface area contributed by atoms with Gasteiger partial charge in [0, 0.05) is 38.2 Å². The van der Waals surface area contributed by atoms with Crippen molar-refractivity contribution in [3.05, 3.63) is 0 Å². The lowest BCUT2D eigenvalue weighted by atomic mass is 9.91. The van der Waals surface area contributed by atoms with E-state index in [1.807, 2.05) is 0 Å². The molecule has 0 aliphatic heterocycles. The molecule has 0 bridgehead atoms. The lowest BCUT2D eigenvalue weighted by molar-refractivity contribution is 0.0586. The van der Waals surface area contributed by atoms with Crippen molar-refractivity contribution >= 4 is 15.9 Å². The SMILES string of the molecule is COCCOCCCN(CCBr)C1CCC1. The molecule has 1 rings (SSSR count). The second kappa shape index (κ2) is 9.40. The van der Waals surface area contributed by atoms with Crippen molar-refractivity contribution in [3.63, 3.8) is 0 Å². The predicted molar refractivity (Wildman–Crippen MR) is 70.3 cm³/mol. The number of hydrogen-bond donors (Lipinski definition) is 0. The smallest absolute Gasteiger partial charge is 0.0700 e. The van der Waals surface area contributed by atoms with Gasteiger partial charge in [-0.25, -0.2) is 0 Å². The molecule has 0 atom stereocenters. The van der Waals surface area contributed by atoms with Gasteiger partial charge in [-0.05, 0) is 19.3 Å². The molecule has 1 saturated carbocycles. The normalized spacial score (nSPS) is 16.7. The van der Waals surface area contributed by atoms with Crippen molar-refractivity contribution in [2.75, 3.05) is 45.4 Å². The topological polar surface area (TPSA) is 21.7 Å². The standard InChI is InChI=1S/C12H24BrNO2/c1-15-10-11-16-9-3-7-14(8-6-13)12-4-2-5-12/h12H,2-11H2,1H3. The molecular weight excluding hydrogens is 270 g/mol. The average Bonchev–Trinajstić information content (AvgIpc) is 2.21. The second-order valence-corrected chi connectivity index (χ2v) is 5.06. The van der Waals surface area contributed by atoms with Crippen LogP contribution in [0.15, 0.2) is 0 Å². The van der Waals surface area contributed by atoms with Crippen molar-refractivity contribution in [1.29, 1.82) is 0 Å². The number of ether oxygens (including phenoxy) is 2. The molecule has 0 aromatic heterocycles. The van der Waals surface area contributed by atoms with Crippen molar-refractivity contribution in [2.24, 2.45) is 0 Å². The van der Waals surface area contributed by atoms with Crippen LogP contribution in [-0.2, 0) is 9.47 Å². The molecule has 0 spiro atoms. The maximum absolute atomic E-state index is 5.47. The summed E-state index contributed by atoms with van der Waals surface area (Å²) in [4.78, 5) is 2.60. The summed E-state index contributed by atoms with van der Waals surface area (Å²) in [6, 6.07) is 0.844.